The molecule has 2 aromatic rings. The van der Waals surface area contributed by atoms with Gasteiger partial charge in [0.15, 0.2) is 0 Å². The van der Waals surface area contributed by atoms with Gasteiger partial charge in [0.05, 0.1) is 23.7 Å². The zero-order chi connectivity index (χ0) is 14.7. The maximum atomic E-state index is 12.5. The van der Waals surface area contributed by atoms with Gasteiger partial charge in [-0.2, -0.15) is 0 Å². The second-order valence-electron chi connectivity index (χ2n) is 4.81. The van der Waals surface area contributed by atoms with Gasteiger partial charge in [0, 0.05) is 16.1 Å². The number of hydrogen-bond acceptors (Lipinski definition) is 3. The molecular formula is C16H19NO2S. The van der Waals surface area contributed by atoms with E-state index in [1.54, 1.807) is 13.2 Å². The SMILES string of the molecule is COc1ccc(N)cc1CS(=O)c1ccc(C)c(C)c1. The number of nitrogen functional groups attached to an aromatic ring is 1. The monoisotopic (exact) mass is 289 g/mol. The van der Waals surface area contributed by atoms with E-state index in [9.17, 15) is 4.21 Å². The Balaban J connectivity index is 2.27. The number of nitrogens with two attached hydrogens (primary N) is 1. The highest BCUT2D eigenvalue weighted by atomic mass is 32.2. The van der Waals surface area contributed by atoms with E-state index < -0.39 is 10.8 Å². The Morgan fingerprint density at radius 1 is 1.10 bits per heavy atom. The predicted octanol–water partition coefficient (Wildman–Crippen LogP) is 3.20. The number of benzene rings is 2. The van der Waals surface area contributed by atoms with E-state index in [1.165, 1.54) is 5.56 Å². The van der Waals surface area contributed by atoms with Crippen molar-refractivity contribution in [3.8, 4) is 5.75 Å². The summed E-state index contributed by atoms with van der Waals surface area (Å²) in [5.74, 6) is 1.12. The van der Waals surface area contributed by atoms with Gasteiger partial charge in [-0.15, -0.1) is 0 Å². The minimum atomic E-state index is -1.11. The first-order chi connectivity index (χ1) is 9.51. The van der Waals surface area contributed by atoms with Crippen molar-refractivity contribution in [3.05, 3.63) is 53.1 Å². The summed E-state index contributed by atoms with van der Waals surface area (Å²) < 4.78 is 17.8. The Hall–Kier alpha value is -1.81. The van der Waals surface area contributed by atoms with Crippen LogP contribution in [0.1, 0.15) is 16.7 Å². The first-order valence-electron chi connectivity index (χ1n) is 6.39. The van der Waals surface area contributed by atoms with Gasteiger partial charge >= 0.3 is 0 Å². The Bertz CT molecular complexity index is 653. The maximum absolute atomic E-state index is 12.5. The Kier molecular flexibility index (Phi) is 4.45. The fourth-order valence-electron chi connectivity index (χ4n) is 1.99. The molecule has 0 heterocycles. The van der Waals surface area contributed by atoms with E-state index in [1.807, 2.05) is 44.2 Å². The molecule has 0 fully saturated rings. The average Bonchev–Trinajstić information content (AvgIpc) is 2.42. The number of hydrogen-bond donors (Lipinski definition) is 1. The molecule has 2 rings (SSSR count). The molecule has 0 bridgehead atoms. The Morgan fingerprint density at radius 3 is 2.50 bits per heavy atom. The Morgan fingerprint density at radius 2 is 1.85 bits per heavy atom. The molecule has 0 aliphatic rings. The average molecular weight is 289 g/mol. The fraction of sp³-hybridized carbons (Fsp3) is 0.250. The van der Waals surface area contributed by atoms with Crippen LogP contribution < -0.4 is 10.5 Å². The van der Waals surface area contributed by atoms with Gasteiger partial charge in [0.1, 0.15) is 5.75 Å². The summed E-state index contributed by atoms with van der Waals surface area (Å²) in [4.78, 5) is 0.831. The molecule has 2 N–H and O–H groups in total. The summed E-state index contributed by atoms with van der Waals surface area (Å²) in [6.45, 7) is 4.07. The van der Waals surface area contributed by atoms with Crippen LogP contribution in [0.3, 0.4) is 0 Å². The lowest BCUT2D eigenvalue weighted by molar-refractivity contribution is 0.411. The van der Waals surface area contributed by atoms with Crippen LogP contribution in [0.15, 0.2) is 41.3 Å². The summed E-state index contributed by atoms with van der Waals surface area (Å²) in [6.07, 6.45) is 0. The van der Waals surface area contributed by atoms with Crippen LogP contribution in [0.25, 0.3) is 0 Å². The van der Waals surface area contributed by atoms with Crippen molar-refractivity contribution in [1.29, 1.82) is 0 Å². The van der Waals surface area contributed by atoms with Crippen LogP contribution in [0.5, 0.6) is 5.75 Å². The van der Waals surface area contributed by atoms with Crippen molar-refractivity contribution in [2.45, 2.75) is 24.5 Å². The molecule has 0 aromatic heterocycles. The van der Waals surface area contributed by atoms with Gasteiger partial charge in [-0.25, -0.2) is 0 Å². The molecule has 2 aromatic carbocycles. The van der Waals surface area contributed by atoms with E-state index in [2.05, 4.69) is 0 Å². The molecule has 0 aliphatic heterocycles. The highest BCUT2D eigenvalue weighted by Crippen LogP contribution is 2.25. The van der Waals surface area contributed by atoms with Gasteiger partial charge < -0.3 is 10.5 Å². The molecule has 0 aliphatic carbocycles. The van der Waals surface area contributed by atoms with Crippen LogP contribution in [0, 0.1) is 13.8 Å². The molecular weight excluding hydrogens is 270 g/mol. The largest absolute Gasteiger partial charge is 0.496 e. The number of anilines is 1. The second-order valence-corrected chi connectivity index (χ2v) is 6.26. The fourth-order valence-corrected chi connectivity index (χ4v) is 3.19. The summed E-state index contributed by atoms with van der Waals surface area (Å²) in [6, 6.07) is 11.3. The molecule has 0 amide bonds. The van der Waals surface area contributed by atoms with Crippen molar-refractivity contribution >= 4 is 16.5 Å². The highest BCUT2D eigenvalue weighted by Gasteiger charge is 2.10. The van der Waals surface area contributed by atoms with Crippen molar-refractivity contribution in [2.24, 2.45) is 0 Å². The molecule has 20 heavy (non-hydrogen) atoms. The van der Waals surface area contributed by atoms with Crippen LogP contribution in [-0.2, 0) is 16.6 Å². The molecule has 0 spiro atoms. The quantitative estimate of drug-likeness (QED) is 0.879. The molecule has 0 saturated heterocycles. The molecule has 0 saturated carbocycles. The summed E-state index contributed by atoms with van der Waals surface area (Å²) in [5.41, 5.74) is 9.65. The summed E-state index contributed by atoms with van der Waals surface area (Å²) >= 11 is 0. The normalized spacial score (nSPS) is 12.2. The van der Waals surface area contributed by atoms with Gasteiger partial charge in [0.2, 0.25) is 0 Å². The van der Waals surface area contributed by atoms with Crippen molar-refractivity contribution in [1.82, 2.24) is 0 Å². The van der Waals surface area contributed by atoms with E-state index in [-0.39, 0.29) is 0 Å². The third kappa shape index (κ3) is 3.20. The molecule has 4 heteroatoms. The first kappa shape index (κ1) is 14.6. The topological polar surface area (TPSA) is 52.3 Å². The lowest BCUT2D eigenvalue weighted by Crippen LogP contribution is -2.01. The number of methoxy groups -OCH3 is 1. The summed E-state index contributed by atoms with van der Waals surface area (Å²) in [5, 5.41) is 0. The third-order valence-electron chi connectivity index (χ3n) is 3.33. The lowest BCUT2D eigenvalue weighted by atomic mass is 10.1. The van der Waals surface area contributed by atoms with Gasteiger partial charge in [0.25, 0.3) is 0 Å². The van der Waals surface area contributed by atoms with Gasteiger partial charge in [-0.05, 0) is 55.3 Å². The smallest absolute Gasteiger partial charge is 0.123 e. The Labute approximate surface area is 122 Å². The summed E-state index contributed by atoms with van der Waals surface area (Å²) in [7, 11) is 0.496. The van der Waals surface area contributed by atoms with E-state index >= 15 is 0 Å². The number of aryl methyl sites for hydroxylation is 2. The lowest BCUT2D eigenvalue weighted by Gasteiger charge is -2.10. The number of ether oxygens (including phenoxy) is 1. The molecule has 3 nitrogen and oxygen atoms in total. The minimum absolute atomic E-state index is 0.400. The zero-order valence-corrected chi connectivity index (χ0v) is 12.8. The molecule has 0 radical (unpaired) electrons. The standard InChI is InChI=1S/C16H19NO2S/c1-11-4-6-15(8-12(11)2)20(18)10-13-9-14(17)5-7-16(13)19-3/h4-9H,10,17H2,1-3H3. The van der Waals surface area contributed by atoms with E-state index in [0.29, 0.717) is 11.4 Å². The molecule has 106 valence electrons. The first-order valence-corrected chi connectivity index (χ1v) is 7.71. The highest BCUT2D eigenvalue weighted by molar-refractivity contribution is 7.84. The minimum Gasteiger partial charge on any atom is -0.496 e. The molecule has 1 unspecified atom stereocenters. The van der Waals surface area contributed by atoms with Crippen LogP contribution in [0.4, 0.5) is 5.69 Å². The number of rotatable bonds is 4. The van der Waals surface area contributed by atoms with Crippen LogP contribution in [-0.4, -0.2) is 11.3 Å². The van der Waals surface area contributed by atoms with Crippen LogP contribution >= 0.6 is 0 Å². The van der Waals surface area contributed by atoms with Crippen molar-refractivity contribution in [2.75, 3.05) is 12.8 Å². The van der Waals surface area contributed by atoms with E-state index in [0.717, 1.165) is 21.8 Å². The van der Waals surface area contributed by atoms with Crippen LogP contribution in [0.2, 0.25) is 0 Å². The zero-order valence-electron chi connectivity index (χ0n) is 12.0. The predicted molar refractivity (Wildman–Crippen MR) is 83.4 cm³/mol. The van der Waals surface area contributed by atoms with E-state index in [4.69, 9.17) is 10.5 Å². The van der Waals surface area contributed by atoms with Crippen molar-refractivity contribution < 1.29 is 8.95 Å². The molecule has 1 atom stereocenters. The maximum Gasteiger partial charge on any atom is 0.123 e. The van der Waals surface area contributed by atoms with Gasteiger partial charge in [-0.3, -0.25) is 4.21 Å². The van der Waals surface area contributed by atoms with Gasteiger partial charge in [-0.1, -0.05) is 6.07 Å². The van der Waals surface area contributed by atoms with Crippen molar-refractivity contribution in [3.63, 3.8) is 0 Å². The second kappa shape index (κ2) is 6.09. The third-order valence-corrected chi connectivity index (χ3v) is 4.69.